The van der Waals surface area contributed by atoms with Crippen LogP contribution in [0.2, 0.25) is 0 Å². The molecule has 1 aliphatic heterocycles. The van der Waals surface area contributed by atoms with Gasteiger partial charge >= 0.3 is 0 Å². The van der Waals surface area contributed by atoms with Crippen LogP contribution in [-0.2, 0) is 0 Å². The predicted molar refractivity (Wildman–Crippen MR) is 70.4 cm³/mol. The van der Waals surface area contributed by atoms with E-state index in [0.29, 0.717) is 11.7 Å². The number of aliphatic imine (C=N–C) groups is 1. The molecule has 2 atom stereocenters. The number of hydrogen-bond acceptors (Lipinski definition) is 2. The molecule has 0 amide bonds. The smallest absolute Gasteiger partial charge is 0.139 e. The Morgan fingerprint density at radius 3 is 3.00 bits per heavy atom. The van der Waals surface area contributed by atoms with Crippen LogP contribution in [0.3, 0.4) is 0 Å². The molecule has 3 rings (SSSR count). The molecule has 0 aromatic heterocycles. The monoisotopic (exact) mass is 231 g/mol. The van der Waals surface area contributed by atoms with Crippen molar-refractivity contribution in [3.8, 4) is 0 Å². The second-order valence-corrected chi connectivity index (χ2v) is 5.88. The van der Waals surface area contributed by atoms with Gasteiger partial charge in [0.15, 0.2) is 0 Å². The summed E-state index contributed by atoms with van der Waals surface area (Å²) in [7, 11) is 0. The lowest BCUT2D eigenvalue weighted by molar-refractivity contribution is 0.348. The van der Waals surface area contributed by atoms with Crippen molar-refractivity contribution >= 4 is 5.71 Å². The fourth-order valence-corrected chi connectivity index (χ4v) is 3.79. The average molecular weight is 231 g/mol. The Bertz CT molecular complexity index is 442. The molecule has 0 aromatic rings. The van der Waals surface area contributed by atoms with Gasteiger partial charge in [-0.05, 0) is 67.6 Å². The fourth-order valence-electron chi connectivity index (χ4n) is 3.79. The number of aliphatic hydroxyl groups excluding tert-OH is 1. The number of nitrogens with zero attached hydrogens (tertiary/aromatic N) is 1. The third-order valence-electron chi connectivity index (χ3n) is 4.51. The second kappa shape index (κ2) is 4.01. The molecule has 0 saturated heterocycles. The minimum absolute atomic E-state index is 0.481. The van der Waals surface area contributed by atoms with Crippen molar-refractivity contribution in [3.63, 3.8) is 0 Å². The summed E-state index contributed by atoms with van der Waals surface area (Å²) in [6, 6.07) is 0. The zero-order valence-electron chi connectivity index (χ0n) is 10.8. The van der Waals surface area contributed by atoms with E-state index in [4.69, 9.17) is 0 Å². The SMILES string of the molecule is CC1=NCC2=C3C(=C1O)CCCC3CC(C)C2. The molecule has 2 aliphatic carbocycles. The predicted octanol–water partition coefficient (Wildman–Crippen LogP) is 3.80. The van der Waals surface area contributed by atoms with Crippen LogP contribution in [-0.4, -0.2) is 17.4 Å². The highest BCUT2D eigenvalue weighted by Crippen LogP contribution is 2.46. The highest BCUT2D eigenvalue weighted by atomic mass is 16.3. The molecular formula is C15H21NO. The Labute approximate surface area is 103 Å². The molecule has 92 valence electrons. The standard InChI is InChI=1S/C15H21NO/c1-9-6-11-4-3-5-13-14(11)12(7-9)8-16-10(2)15(13)17/h9,11,17H,3-8H2,1-2H3. The molecule has 0 bridgehead atoms. The lowest BCUT2D eigenvalue weighted by Gasteiger charge is -2.36. The van der Waals surface area contributed by atoms with Gasteiger partial charge in [-0.15, -0.1) is 0 Å². The van der Waals surface area contributed by atoms with Crippen LogP contribution in [0.15, 0.2) is 27.5 Å². The molecule has 2 unspecified atom stereocenters. The van der Waals surface area contributed by atoms with Crippen LogP contribution < -0.4 is 0 Å². The highest BCUT2D eigenvalue weighted by Gasteiger charge is 2.34. The van der Waals surface area contributed by atoms with Gasteiger partial charge in [0.1, 0.15) is 5.76 Å². The first-order valence-electron chi connectivity index (χ1n) is 6.82. The van der Waals surface area contributed by atoms with Crippen molar-refractivity contribution in [2.45, 2.75) is 46.0 Å². The number of hydrogen-bond donors (Lipinski definition) is 1. The van der Waals surface area contributed by atoms with Crippen LogP contribution >= 0.6 is 0 Å². The summed E-state index contributed by atoms with van der Waals surface area (Å²) < 4.78 is 0. The molecular weight excluding hydrogens is 210 g/mol. The van der Waals surface area contributed by atoms with Gasteiger partial charge in [-0.2, -0.15) is 0 Å². The first kappa shape index (κ1) is 11.1. The first-order valence-corrected chi connectivity index (χ1v) is 6.82. The third-order valence-corrected chi connectivity index (χ3v) is 4.51. The Balaban J connectivity index is 2.13. The summed E-state index contributed by atoms with van der Waals surface area (Å²) in [5.41, 5.74) is 5.06. The zero-order chi connectivity index (χ0) is 12.0. The first-order chi connectivity index (χ1) is 8.16. The topological polar surface area (TPSA) is 32.6 Å². The maximum atomic E-state index is 10.3. The number of allylic oxidation sites excluding steroid dienone is 3. The molecule has 0 aromatic carbocycles. The molecule has 0 radical (unpaired) electrons. The van der Waals surface area contributed by atoms with Crippen molar-refractivity contribution in [1.82, 2.24) is 0 Å². The van der Waals surface area contributed by atoms with E-state index >= 15 is 0 Å². The molecule has 1 heterocycles. The van der Waals surface area contributed by atoms with E-state index in [2.05, 4.69) is 11.9 Å². The van der Waals surface area contributed by atoms with E-state index in [9.17, 15) is 5.11 Å². The zero-order valence-corrected chi connectivity index (χ0v) is 10.8. The Kier molecular flexibility index (Phi) is 2.61. The molecule has 3 aliphatic rings. The average Bonchev–Trinajstić information content (AvgIpc) is 2.43. The van der Waals surface area contributed by atoms with E-state index in [-0.39, 0.29) is 0 Å². The van der Waals surface area contributed by atoms with E-state index in [1.54, 1.807) is 0 Å². The summed E-state index contributed by atoms with van der Waals surface area (Å²) >= 11 is 0. The molecule has 1 N–H and O–H groups in total. The van der Waals surface area contributed by atoms with E-state index in [0.717, 1.165) is 24.6 Å². The third kappa shape index (κ3) is 1.74. The Morgan fingerprint density at radius 1 is 1.35 bits per heavy atom. The molecule has 1 saturated carbocycles. The van der Waals surface area contributed by atoms with Crippen LogP contribution in [0.5, 0.6) is 0 Å². The molecule has 1 fully saturated rings. The highest BCUT2D eigenvalue weighted by molar-refractivity contribution is 5.98. The van der Waals surface area contributed by atoms with Gasteiger partial charge in [0.2, 0.25) is 0 Å². The fraction of sp³-hybridized carbons (Fsp3) is 0.667. The minimum atomic E-state index is 0.481. The van der Waals surface area contributed by atoms with Crippen LogP contribution in [0.4, 0.5) is 0 Å². The lowest BCUT2D eigenvalue weighted by Crippen LogP contribution is -2.23. The van der Waals surface area contributed by atoms with Gasteiger partial charge in [-0.3, -0.25) is 4.99 Å². The van der Waals surface area contributed by atoms with Crippen molar-refractivity contribution in [3.05, 3.63) is 22.5 Å². The van der Waals surface area contributed by atoms with Gasteiger partial charge in [0.05, 0.1) is 12.3 Å². The maximum absolute atomic E-state index is 10.3. The van der Waals surface area contributed by atoms with Gasteiger partial charge < -0.3 is 5.11 Å². The van der Waals surface area contributed by atoms with Crippen molar-refractivity contribution in [2.75, 3.05) is 6.54 Å². The van der Waals surface area contributed by atoms with Crippen LogP contribution in [0.1, 0.15) is 46.0 Å². The molecule has 2 nitrogen and oxygen atoms in total. The number of rotatable bonds is 0. The molecule has 17 heavy (non-hydrogen) atoms. The largest absolute Gasteiger partial charge is 0.506 e. The maximum Gasteiger partial charge on any atom is 0.139 e. The van der Waals surface area contributed by atoms with E-state index < -0.39 is 0 Å². The van der Waals surface area contributed by atoms with Gasteiger partial charge in [-0.1, -0.05) is 6.92 Å². The molecule has 2 heteroatoms. The number of aliphatic hydroxyl groups is 1. The van der Waals surface area contributed by atoms with E-state index in [1.807, 2.05) is 6.92 Å². The summed E-state index contributed by atoms with van der Waals surface area (Å²) in [6.45, 7) is 5.10. The Hall–Kier alpha value is -1.05. The summed E-state index contributed by atoms with van der Waals surface area (Å²) in [6.07, 6.45) is 6.05. The Morgan fingerprint density at radius 2 is 2.18 bits per heavy atom. The van der Waals surface area contributed by atoms with Gasteiger partial charge in [0.25, 0.3) is 0 Å². The quantitative estimate of drug-likeness (QED) is 0.675. The summed E-state index contributed by atoms with van der Waals surface area (Å²) in [5, 5.41) is 10.3. The van der Waals surface area contributed by atoms with Crippen molar-refractivity contribution < 1.29 is 5.11 Å². The summed E-state index contributed by atoms with van der Waals surface area (Å²) in [4.78, 5) is 4.53. The summed E-state index contributed by atoms with van der Waals surface area (Å²) in [5.74, 6) is 1.96. The van der Waals surface area contributed by atoms with Crippen molar-refractivity contribution in [2.24, 2.45) is 16.8 Å². The lowest BCUT2D eigenvalue weighted by atomic mass is 9.69. The van der Waals surface area contributed by atoms with Gasteiger partial charge in [0, 0.05) is 0 Å². The van der Waals surface area contributed by atoms with Crippen LogP contribution in [0.25, 0.3) is 0 Å². The normalized spacial score (nSPS) is 33.2. The molecule has 0 spiro atoms. The van der Waals surface area contributed by atoms with E-state index in [1.165, 1.54) is 42.4 Å². The van der Waals surface area contributed by atoms with Gasteiger partial charge in [-0.25, -0.2) is 0 Å². The minimum Gasteiger partial charge on any atom is -0.506 e. The second-order valence-electron chi connectivity index (χ2n) is 5.88. The van der Waals surface area contributed by atoms with Crippen molar-refractivity contribution in [1.29, 1.82) is 0 Å². The van der Waals surface area contributed by atoms with Crippen LogP contribution in [0, 0.1) is 11.8 Å².